The first-order chi connectivity index (χ1) is 10.8. The lowest BCUT2D eigenvalue weighted by atomic mass is 10.1. The summed E-state index contributed by atoms with van der Waals surface area (Å²) < 4.78 is 0. The van der Waals surface area contributed by atoms with Gasteiger partial charge in [-0.15, -0.1) is 11.8 Å². The summed E-state index contributed by atoms with van der Waals surface area (Å²) in [5, 5.41) is 0.141. The van der Waals surface area contributed by atoms with Gasteiger partial charge in [0.1, 0.15) is 0 Å². The van der Waals surface area contributed by atoms with Gasteiger partial charge in [-0.2, -0.15) is 0 Å². The smallest absolute Gasteiger partial charge is 0.0806 e. The van der Waals surface area contributed by atoms with Gasteiger partial charge in [-0.05, 0) is 23.3 Å². The number of nitrogens with two attached hydrogens (primary N) is 1. The van der Waals surface area contributed by atoms with Crippen molar-refractivity contribution >= 4 is 17.4 Å². The quantitative estimate of drug-likeness (QED) is 0.743. The molecule has 0 amide bonds. The molecule has 1 aromatic heterocycles. The minimum Gasteiger partial charge on any atom is -0.397 e. The van der Waals surface area contributed by atoms with Crippen molar-refractivity contribution in [1.29, 1.82) is 0 Å². The zero-order valence-electron chi connectivity index (χ0n) is 12.2. The Kier molecular flexibility index (Phi) is 4.76. The van der Waals surface area contributed by atoms with Crippen LogP contribution in [-0.2, 0) is 5.75 Å². The van der Waals surface area contributed by atoms with Gasteiger partial charge in [0, 0.05) is 11.9 Å². The van der Waals surface area contributed by atoms with Crippen molar-refractivity contribution in [3.05, 3.63) is 95.8 Å². The largest absolute Gasteiger partial charge is 0.397 e. The summed E-state index contributed by atoms with van der Waals surface area (Å²) in [6, 6.07) is 24.7. The summed E-state index contributed by atoms with van der Waals surface area (Å²) in [5.41, 5.74) is 10.4. The molecule has 0 aliphatic carbocycles. The first-order valence-electron chi connectivity index (χ1n) is 7.25. The second-order valence-electron chi connectivity index (χ2n) is 5.07. The summed E-state index contributed by atoms with van der Waals surface area (Å²) in [4.78, 5) is 4.52. The maximum Gasteiger partial charge on any atom is 0.0806 e. The van der Waals surface area contributed by atoms with Crippen LogP contribution in [-0.4, -0.2) is 4.98 Å². The third-order valence-corrected chi connectivity index (χ3v) is 4.81. The van der Waals surface area contributed by atoms with Gasteiger partial charge in [0.15, 0.2) is 0 Å². The van der Waals surface area contributed by atoms with E-state index in [0.717, 1.165) is 17.1 Å². The summed E-state index contributed by atoms with van der Waals surface area (Å²) in [7, 11) is 0. The lowest BCUT2D eigenvalue weighted by Crippen LogP contribution is -2.04. The van der Waals surface area contributed by atoms with E-state index in [2.05, 4.69) is 53.5 Å². The van der Waals surface area contributed by atoms with Gasteiger partial charge < -0.3 is 5.73 Å². The minimum atomic E-state index is 0.141. The molecule has 0 saturated heterocycles. The number of benzene rings is 2. The second kappa shape index (κ2) is 7.14. The fourth-order valence-corrected chi connectivity index (χ4v) is 3.62. The Bertz CT molecular complexity index is 714. The molecule has 2 aromatic carbocycles. The molecule has 1 heterocycles. The van der Waals surface area contributed by atoms with Crippen molar-refractivity contribution in [2.75, 3.05) is 5.73 Å². The number of hydrogen-bond donors (Lipinski definition) is 1. The van der Waals surface area contributed by atoms with Crippen LogP contribution in [0.15, 0.2) is 79.0 Å². The lowest BCUT2D eigenvalue weighted by Gasteiger charge is -2.18. The average Bonchev–Trinajstić information content (AvgIpc) is 2.58. The van der Waals surface area contributed by atoms with Crippen molar-refractivity contribution < 1.29 is 0 Å². The van der Waals surface area contributed by atoms with E-state index in [4.69, 9.17) is 5.73 Å². The van der Waals surface area contributed by atoms with Crippen LogP contribution in [0.1, 0.15) is 22.1 Å². The molecule has 22 heavy (non-hydrogen) atoms. The molecule has 0 fully saturated rings. The fraction of sp³-hybridized carbons (Fsp3) is 0.105. The van der Waals surface area contributed by atoms with Crippen molar-refractivity contribution in [2.45, 2.75) is 11.0 Å². The van der Waals surface area contributed by atoms with E-state index >= 15 is 0 Å². The highest BCUT2D eigenvalue weighted by Crippen LogP contribution is 2.38. The molecule has 3 heteroatoms. The van der Waals surface area contributed by atoms with Crippen molar-refractivity contribution in [1.82, 2.24) is 4.98 Å². The van der Waals surface area contributed by atoms with Gasteiger partial charge in [0.25, 0.3) is 0 Å². The van der Waals surface area contributed by atoms with Crippen molar-refractivity contribution in [3.63, 3.8) is 0 Å². The Morgan fingerprint density at radius 1 is 0.864 bits per heavy atom. The molecule has 0 bridgehead atoms. The molecule has 1 atom stereocenters. The first kappa shape index (κ1) is 14.7. The maximum atomic E-state index is 6.15. The molecular formula is C19H18N2S. The van der Waals surface area contributed by atoms with Crippen LogP contribution < -0.4 is 5.73 Å². The Balaban J connectivity index is 1.89. The molecule has 1 unspecified atom stereocenters. The molecule has 3 rings (SSSR count). The van der Waals surface area contributed by atoms with E-state index in [-0.39, 0.29) is 5.25 Å². The van der Waals surface area contributed by atoms with E-state index in [1.807, 2.05) is 42.2 Å². The van der Waals surface area contributed by atoms with Crippen LogP contribution in [0.5, 0.6) is 0 Å². The van der Waals surface area contributed by atoms with Crippen LogP contribution >= 0.6 is 11.8 Å². The van der Waals surface area contributed by atoms with Crippen molar-refractivity contribution in [3.8, 4) is 0 Å². The summed E-state index contributed by atoms with van der Waals surface area (Å²) in [6.45, 7) is 0. The number of hydrogen-bond acceptors (Lipinski definition) is 3. The molecule has 0 radical (unpaired) electrons. The molecular weight excluding hydrogens is 288 g/mol. The van der Waals surface area contributed by atoms with E-state index in [1.54, 1.807) is 0 Å². The third kappa shape index (κ3) is 3.49. The summed E-state index contributed by atoms with van der Waals surface area (Å²) in [6.07, 6.45) is 1.81. The van der Waals surface area contributed by atoms with Crippen LogP contribution in [0, 0.1) is 0 Å². The number of pyridine rings is 1. The highest BCUT2D eigenvalue weighted by atomic mass is 32.2. The molecule has 0 aliphatic heterocycles. The number of anilines is 1. The predicted octanol–water partition coefficient (Wildman–Crippen LogP) is 4.69. The Hall–Kier alpha value is -2.26. The predicted molar refractivity (Wildman–Crippen MR) is 94.7 cm³/mol. The zero-order chi connectivity index (χ0) is 15.2. The fourth-order valence-electron chi connectivity index (χ4n) is 2.36. The SMILES string of the molecule is Nc1cccnc1C(SCc1ccccc1)c1ccccc1. The van der Waals surface area contributed by atoms with Gasteiger partial charge in [-0.25, -0.2) is 0 Å². The van der Waals surface area contributed by atoms with Crippen LogP contribution in [0.4, 0.5) is 5.69 Å². The first-order valence-corrected chi connectivity index (χ1v) is 8.30. The van der Waals surface area contributed by atoms with Crippen LogP contribution in [0.25, 0.3) is 0 Å². The Morgan fingerprint density at radius 3 is 2.23 bits per heavy atom. The summed E-state index contributed by atoms with van der Waals surface area (Å²) >= 11 is 1.85. The number of nitrogen functional groups attached to an aromatic ring is 1. The maximum absolute atomic E-state index is 6.15. The molecule has 0 aliphatic rings. The van der Waals surface area contributed by atoms with Gasteiger partial charge in [-0.1, -0.05) is 60.7 Å². The van der Waals surface area contributed by atoms with Crippen molar-refractivity contribution in [2.24, 2.45) is 0 Å². The van der Waals surface area contributed by atoms with Crippen LogP contribution in [0.2, 0.25) is 0 Å². The third-order valence-electron chi connectivity index (χ3n) is 3.48. The van der Waals surface area contributed by atoms with Gasteiger partial charge in [-0.3, -0.25) is 4.98 Å². The zero-order valence-corrected chi connectivity index (χ0v) is 13.0. The number of rotatable bonds is 5. The average molecular weight is 306 g/mol. The molecule has 0 spiro atoms. The monoisotopic (exact) mass is 306 g/mol. The van der Waals surface area contributed by atoms with E-state index in [0.29, 0.717) is 0 Å². The van der Waals surface area contributed by atoms with Gasteiger partial charge in [0.2, 0.25) is 0 Å². The highest BCUT2D eigenvalue weighted by Gasteiger charge is 2.18. The van der Waals surface area contributed by atoms with E-state index in [1.165, 1.54) is 11.1 Å². The normalized spacial score (nSPS) is 12.0. The van der Waals surface area contributed by atoms with E-state index in [9.17, 15) is 0 Å². The van der Waals surface area contributed by atoms with Gasteiger partial charge >= 0.3 is 0 Å². The highest BCUT2D eigenvalue weighted by molar-refractivity contribution is 7.98. The van der Waals surface area contributed by atoms with Crippen LogP contribution in [0.3, 0.4) is 0 Å². The topological polar surface area (TPSA) is 38.9 Å². The Morgan fingerprint density at radius 2 is 1.55 bits per heavy atom. The second-order valence-corrected chi connectivity index (χ2v) is 6.16. The van der Waals surface area contributed by atoms with E-state index < -0.39 is 0 Å². The number of aromatic nitrogens is 1. The standard InChI is InChI=1S/C19H18N2S/c20-17-12-7-13-21-18(17)19(16-10-5-2-6-11-16)22-14-15-8-3-1-4-9-15/h1-13,19H,14,20H2. The molecule has 110 valence electrons. The minimum absolute atomic E-state index is 0.141. The molecule has 2 N–H and O–H groups in total. The lowest BCUT2D eigenvalue weighted by molar-refractivity contribution is 1.05. The van der Waals surface area contributed by atoms with Gasteiger partial charge in [0.05, 0.1) is 16.6 Å². The number of nitrogens with zero attached hydrogens (tertiary/aromatic N) is 1. The molecule has 0 saturated carbocycles. The Labute approximate surface area is 135 Å². The molecule has 3 aromatic rings. The molecule has 2 nitrogen and oxygen atoms in total. The number of thioether (sulfide) groups is 1. The summed E-state index contributed by atoms with van der Waals surface area (Å²) in [5.74, 6) is 0.927.